The molecule has 1 rings (SSSR count). The molecule has 0 saturated heterocycles. The van der Waals surface area contributed by atoms with Crippen LogP contribution in [0.15, 0.2) is 11.7 Å². The van der Waals surface area contributed by atoms with Crippen molar-refractivity contribution in [2.45, 2.75) is 25.5 Å². The van der Waals surface area contributed by atoms with Gasteiger partial charge in [-0.2, -0.15) is 0 Å². The van der Waals surface area contributed by atoms with E-state index >= 15 is 0 Å². The smallest absolute Gasteiger partial charge is 0.0794 e. The van der Waals surface area contributed by atoms with Gasteiger partial charge in [-0.15, -0.1) is 11.3 Å². The van der Waals surface area contributed by atoms with Gasteiger partial charge in [-0.1, -0.05) is 0 Å². The third-order valence-electron chi connectivity index (χ3n) is 1.90. The Balaban J connectivity index is 2.41. The molecule has 0 bridgehead atoms. The number of hydrogen-bond donors (Lipinski definition) is 1. The SMILES string of the molecule is COC(C)C(N)Cc1cncs1. The average molecular weight is 186 g/mol. The summed E-state index contributed by atoms with van der Waals surface area (Å²) in [7, 11) is 1.68. The Morgan fingerprint density at radius 1 is 1.75 bits per heavy atom. The second-order valence-electron chi connectivity index (χ2n) is 2.78. The second-order valence-corrected chi connectivity index (χ2v) is 3.75. The fourth-order valence-electron chi connectivity index (χ4n) is 0.916. The highest BCUT2D eigenvalue weighted by molar-refractivity contribution is 7.09. The van der Waals surface area contributed by atoms with Gasteiger partial charge in [-0.05, 0) is 6.92 Å². The number of methoxy groups -OCH3 is 1. The Hall–Kier alpha value is -0.450. The Bertz CT molecular complexity index is 213. The van der Waals surface area contributed by atoms with Crippen LogP contribution in [0.3, 0.4) is 0 Å². The molecule has 0 radical (unpaired) electrons. The first-order valence-corrected chi connectivity index (χ1v) is 4.77. The van der Waals surface area contributed by atoms with Gasteiger partial charge < -0.3 is 10.5 Å². The van der Waals surface area contributed by atoms with Crippen LogP contribution in [0.2, 0.25) is 0 Å². The standard InChI is InChI=1S/C8H14N2OS/c1-6(11-2)8(9)3-7-4-10-5-12-7/h4-6,8H,3,9H2,1-2H3. The minimum absolute atomic E-state index is 0.0652. The fraction of sp³-hybridized carbons (Fsp3) is 0.625. The van der Waals surface area contributed by atoms with Crippen LogP contribution in [-0.2, 0) is 11.2 Å². The lowest BCUT2D eigenvalue weighted by Gasteiger charge is -2.16. The summed E-state index contributed by atoms with van der Waals surface area (Å²) in [6.07, 6.45) is 2.80. The molecule has 4 heteroatoms. The first kappa shape index (κ1) is 9.64. The van der Waals surface area contributed by atoms with Crippen molar-refractivity contribution in [3.63, 3.8) is 0 Å². The molecule has 68 valence electrons. The van der Waals surface area contributed by atoms with E-state index in [4.69, 9.17) is 10.5 Å². The van der Waals surface area contributed by atoms with Crippen molar-refractivity contribution in [2.75, 3.05) is 7.11 Å². The first-order valence-electron chi connectivity index (χ1n) is 3.89. The highest BCUT2D eigenvalue weighted by atomic mass is 32.1. The predicted molar refractivity (Wildman–Crippen MR) is 50.3 cm³/mol. The highest BCUT2D eigenvalue weighted by Crippen LogP contribution is 2.10. The highest BCUT2D eigenvalue weighted by Gasteiger charge is 2.12. The number of hydrogen-bond acceptors (Lipinski definition) is 4. The van der Waals surface area contributed by atoms with Crippen molar-refractivity contribution in [3.05, 3.63) is 16.6 Å². The summed E-state index contributed by atoms with van der Waals surface area (Å²) in [6, 6.07) is 0.0652. The topological polar surface area (TPSA) is 48.1 Å². The molecule has 0 aliphatic rings. The van der Waals surface area contributed by atoms with Crippen molar-refractivity contribution in [1.82, 2.24) is 4.98 Å². The first-order chi connectivity index (χ1) is 5.74. The Morgan fingerprint density at radius 3 is 3.00 bits per heavy atom. The molecule has 0 aromatic carbocycles. The predicted octanol–water partition coefficient (Wildman–Crippen LogP) is 1.05. The molecule has 1 aromatic heterocycles. The van der Waals surface area contributed by atoms with Crippen molar-refractivity contribution >= 4 is 11.3 Å². The number of nitrogens with two attached hydrogens (primary N) is 1. The summed E-state index contributed by atoms with van der Waals surface area (Å²) in [6.45, 7) is 1.98. The van der Waals surface area contributed by atoms with Crippen LogP contribution >= 0.6 is 11.3 Å². The molecule has 0 amide bonds. The number of rotatable bonds is 4. The summed E-state index contributed by atoms with van der Waals surface area (Å²) in [5.74, 6) is 0. The van der Waals surface area contributed by atoms with Crippen LogP contribution in [-0.4, -0.2) is 24.2 Å². The Labute approximate surface area is 76.6 Å². The van der Waals surface area contributed by atoms with Crippen LogP contribution in [0, 0.1) is 0 Å². The normalized spacial score (nSPS) is 15.9. The molecule has 0 fully saturated rings. The molecule has 1 aromatic rings. The molecule has 2 atom stereocenters. The number of thiazole rings is 1. The zero-order valence-electron chi connectivity index (χ0n) is 7.36. The van der Waals surface area contributed by atoms with Crippen LogP contribution in [0.25, 0.3) is 0 Å². The molecular weight excluding hydrogens is 172 g/mol. The van der Waals surface area contributed by atoms with E-state index in [0.717, 1.165) is 6.42 Å². The molecule has 0 spiro atoms. The fourth-order valence-corrected chi connectivity index (χ4v) is 1.58. The minimum Gasteiger partial charge on any atom is -0.380 e. The molecule has 0 aliphatic heterocycles. The lowest BCUT2D eigenvalue weighted by atomic mass is 10.1. The van der Waals surface area contributed by atoms with Gasteiger partial charge in [0.05, 0.1) is 11.6 Å². The summed E-state index contributed by atoms with van der Waals surface area (Å²) >= 11 is 1.63. The summed E-state index contributed by atoms with van der Waals surface area (Å²) in [5.41, 5.74) is 7.69. The molecule has 0 aliphatic carbocycles. The van der Waals surface area contributed by atoms with E-state index in [-0.39, 0.29) is 12.1 Å². The second kappa shape index (κ2) is 4.54. The Morgan fingerprint density at radius 2 is 2.50 bits per heavy atom. The maximum absolute atomic E-state index is 5.87. The molecular formula is C8H14N2OS. The van der Waals surface area contributed by atoms with Crippen LogP contribution in [0.5, 0.6) is 0 Å². The minimum atomic E-state index is 0.0652. The van der Waals surface area contributed by atoms with Gasteiger partial charge in [0.15, 0.2) is 0 Å². The van der Waals surface area contributed by atoms with E-state index in [0.29, 0.717) is 0 Å². The van der Waals surface area contributed by atoms with E-state index in [1.165, 1.54) is 4.88 Å². The third kappa shape index (κ3) is 2.55. The van der Waals surface area contributed by atoms with Crippen molar-refractivity contribution in [1.29, 1.82) is 0 Å². The van der Waals surface area contributed by atoms with Crippen LogP contribution < -0.4 is 5.73 Å². The quantitative estimate of drug-likeness (QED) is 0.764. The maximum Gasteiger partial charge on any atom is 0.0794 e. The largest absolute Gasteiger partial charge is 0.380 e. The molecule has 1 heterocycles. The number of ether oxygens (including phenoxy) is 1. The zero-order valence-corrected chi connectivity index (χ0v) is 8.17. The maximum atomic E-state index is 5.87. The molecule has 2 N–H and O–H groups in total. The monoisotopic (exact) mass is 186 g/mol. The van der Waals surface area contributed by atoms with Gasteiger partial charge in [0.2, 0.25) is 0 Å². The third-order valence-corrected chi connectivity index (χ3v) is 2.70. The lowest BCUT2D eigenvalue weighted by molar-refractivity contribution is 0.0958. The number of nitrogens with zero attached hydrogens (tertiary/aromatic N) is 1. The zero-order chi connectivity index (χ0) is 8.97. The number of aromatic nitrogens is 1. The molecule has 2 unspecified atom stereocenters. The van der Waals surface area contributed by atoms with Crippen molar-refractivity contribution in [3.8, 4) is 0 Å². The van der Waals surface area contributed by atoms with Gasteiger partial charge in [-0.25, -0.2) is 0 Å². The van der Waals surface area contributed by atoms with Gasteiger partial charge in [0.25, 0.3) is 0 Å². The molecule has 12 heavy (non-hydrogen) atoms. The van der Waals surface area contributed by atoms with Gasteiger partial charge in [0, 0.05) is 30.6 Å². The van der Waals surface area contributed by atoms with Crippen molar-refractivity contribution in [2.24, 2.45) is 5.73 Å². The van der Waals surface area contributed by atoms with Crippen molar-refractivity contribution < 1.29 is 4.74 Å². The van der Waals surface area contributed by atoms with E-state index in [1.54, 1.807) is 18.4 Å². The van der Waals surface area contributed by atoms with E-state index < -0.39 is 0 Å². The molecule has 3 nitrogen and oxygen atoms in total. The van der Waals surface area contributed by atoms with Gasteiger partial charge >= 0.3 is 0 Å². The van der Waals surface area contributed by atoms with E-state index in [1.807, 2.05) is 18.6 Å². The summed E-state index contributed by atoms with van der Waals surface area (Å²) in [4.78, 5) is 5.20. The van der Waals surface area contributed by atoms with Gasteiger partial charge in [-0.3, -0.25) is 4.98 Å². The summed E-state index contributed by atoms with van der Waals surface area (Å²) < 4.78 is 5.12. The van der Waals surface area contributed by atoms with Crippen LogP contribution in [0.1, 0.15) is 11.8 Å². The van der Waals surface area contributed by atoms with E-state index in [2.05, 4.69) is 4.98 Å². The summed E-state index contributed by atoms with van der Waals surface area (Å²) in [5, 5.41) is 0. The average Bonchev–Trinajstić information content (AvgIpc) is 2.55. The van der Waals surface area contributed by atoms with Crippen LogP contribution in [0.4, 0.5) is 0 Å². The molecule has 0 saturated carbocycles. The Kier molecular flexibility index (Phi) is 3.65. The lowest BCUT2D eigenvalue weighted by Crippen LogP contribution is -2.35. The van der Waals surface area contributed by atoms with E-state index in [9.17, 15) is 0 Å². The van der Waals surface area contributed by atoms with Gasteiger partial charge in [0.1, 0.15) is 0 Å².